The van der Waals surface area contributed by atoms with Gasteiger partial charge in [0.25, 0.3) is 0 Å². The molecule has 1 saturated carbocycles. The van der Waals surface area contributed by atoms with Crippen LogP contribution in [0.25, 0.3) is 0 Å². The number of aromatic amines is 1. The van der Waals surface area contributed by atoms with E-state index in [4.69, 9.17) is 5.26 Å². The SMILES string of the molecule is CCc1[nH]nc(C2CCCC2)c1C#N. The van der Waals surface area contributed by atoms with E-state index < -0.39 is 0 Å². The molecule has 1 aliphatic rings. The lowest BCUT2D eigenvalue weighted by molar-refractivity contribution is 0.691. The van der Waals surface area contributed by atoms with Crippen LogP contribution in [0, 0.1) is 11.3 Å². The van der Waals surface area contributed by atoms with Crippen molar-refractivity contribution in [3.8, 4) is 6.07 Å². The van der Waals surface area contributed by atoms with Crippen LogP contribution < -0.4 is 0 Å². The lowest BCUT2D eigenvalue weighted by Gasteiger charge is -2.04. The lowest BCUT2D eigenvalue weighted by atomic mass is 9.99. The van der Waals surface area contributed by atoms with Gasteiger partial charge < -0.3 is 0 Å². The molecule has 1 aliphatic carbocycles. The van der Waals surface area contributed by atoms with Gasteiger partial charge in [-0.2, -0.15) is 10.4 Å². The van der Waals surface area contributed by atoms with Gasteiger partial charge in [-0.15, -0.1) is 0 Å². The Hall–Kier alpha value is -1.30. The third kappa shape index (κ3) is 1.41. The molecular weight excluding hydrogens is 174 g/mol. The Bertz CT molecular complexity index is 353. The molecule has 0 bridgehead atoms. The smallest absolute Gasteiger partial charge is 0.103 e. The molecule has 1 fully saturated rings. The van der Waals surface area contributed by atoms with Gasteiger partial charge in [-0.1, -0.05) is 19.8 Å². The Morgan fingerprint density at radius 1 is 1.50 bits per heavy atom. The summed E-state index contributed by atoms with van der Waals surface area (Å²) in [6.07, 6.45) is 5.82. The van der Waals surface area contributed by atoms with Crippen LogP contribution in [0.5, 0.6) is 0 Å². The first-order valence-electron chi connectivity index (χ1n) is 5.34. The number of nitrogens with one attached hydrogen (secondary N) is 1. The molecule has 0 unspecified atom stereocenters. The molecular formula is C11H15N3. The summed E-state index contributed by atoms with van der Waals surface area (Å²) in [6, 6.07) is 2.28. The van der Waals surface area contributed by atoms with E-state index in [1.807, 2.05) is 6.92 Å². The first kappa shape index (κ1) is 9.26. The van der Waals surface area contributed by atoms with Crippen LogP contribution in [0.4, 0.5) is 0 Å². The van der Waals surface area contributed by atoms with Gasteiger partial charge in [-0.05, 0) is 19.3 Å². The Kier molecular flexibility index (Phi) is 2.53. The number of H-pyrrole nitrogens is 1. The maximum atomic E-state index is 9.07. The van der Waals surface area contributed by atoms with E-state index in [1.165, 1.54) is 25.7 Å². The minimum Gasteiger partial charge on any atom is -0.281 e. The molecule has 1 heterocycles. The van der Waals surface area contributed by atoms with Crippen LogP contribution in [0.2, 0.25) is 0 Å². The normalized spacial score (nSPS) is 17.1. The molecule has 0 saturated heterocycles. The van der Waals surface area contributed by atoms with E-state index in [0.717, 1.165) is 23.4 Å². The van der Waals surface area contributed by atoms with E-state index in [-0.39, 0.29) is 0 Å². The Labute approximate surface area is 84.1 Å². The van der Waals surface area contributed by atoms with E-state index >= 15 is 0 Å². The predicted molar refractivity (Wildman–Crippen MR) is 53.9 cm³/mol. The van der Waals surface area contributed by atoms with Crippen LogP contribution >= 0.6 is 0 Å². The summed E-state index contributed by atoms with van der Waals surface area (Å²) < 4.78 is 0. The van der Waals surface area contributed by atoms with Gasteiger partial charge in [0.2, 0.25) is 0 Å². The molecule has 1 aromatic heterocycles. The van der Waals surface area contributed by atoms with Gasteiger partial charge in [0.15, 0.2) is 0 Å². The average molecular weight is 189 g/mol. The molecule has 0 amide bonds. The molecule has 0 radical (unpaired) electrons. The van der Waals surface area contributed by atoms with Gasteiger partial charge in [0.1, 0.15) is 6.07 Å². The lowest BCUT2D eigenvalue weighted by Crippen LogP contribution is -1.96. The number of aryl methyl sites for hydroxylation is 1. The van der Waals surface area contributed by atoms with E-state index in [2.05, 4.69) is 16.3 Å². The van der Waals surface area contributed by atoms with Crippen LogP contribution in [0.3, 0.4) is 0 Å². The Morgan fingerprint density at radius 3 is 2.79 bits per heavy atom. The topological polar surface area (TPSA) is 52.5 Å². The summed E-state index contributed by atoms with van der Waals surface area (Å²) >= 11 is 0. The third-order valence-corrected chi connectivity index (χ3v) is 3.08. The molecule has 0 atom stereocenters. The third-order valence-electron chi connectivity index (χ3n) is 3.08. The molecule has 1 aromatic rings. The monoisotopic (exact) mass is 189 g/mol. The minimum absolute atomic E-state index is 0.529. The minimum atomic E-state index is 0.529. The zero-order chi connectivity index (χ0) is 9.97. The Morgan fingerprint density at radius 2 is 2.21 bits per heavy atom. The van der Waals surface area contributed by atoms with Crippen molar-refractivity contribution in [1.82, 2.24) is 10.2 Å². The fraction of sp³-hybridized carbons (Fsp3) is 0.636. The predicted octanol–water partition coefficient (Wildman–Crippen LogP) is 2.50. The summed E-state index contributed by atoms with van der Waals surface area (Å²) in [6.45, 7) is 2.05. The summed E-state index contributed by atoms with van der Waals surface area (Å²) in [5, 5.41) is 16.3. The molecule has 14 heavy (non-hydrogen) atoms. The second-order valence-corrected chi connectivity index (χ2v) is 3.91. The van der Waals surface area contributed by atoms with Gasteiger partial charge in [0.05, 0.1) is 17.0 Å². The summed E-state index contributed by atoms with van der Waals surface area (Å²) in [5.41, 5.74) is 2.82. The van der Waals surface area contributed by atoms with Crippen molar-refractivity contribution in [2.75, 3.05) is 0 Å². The van der Waals surface area contributed by atoms with Gasteiger partial charge in [0, 0.05) is 5.92 Å². The largest absolute Gasteiger partial charge is 0.281 e. The number of hydrogen-bond donors (Lipinski definition) is 1. The van der Waals surface area contributed by atoms with Crippen LogP contribution in [-0.4, -0.2) is 10.2 Å². The molecule has 0 spiro atoms. The van der Waals surface area contributed by atoms with Crippen LogP contribution in [0.15, 0.2) is 0 Å². The highest BCUT2D eigenvalue weighted by Crippen LogP contribution is 2.35. The van der Waals surface area contributed by atoms with Crippen molar-refractivity contribution in [2.24, 2.45) is 0 Å². The van der Waals surface area contributed by atoms with Crippen LogP contribution in [0.1, 0.15) is 55.5 Å². The van der Waals surface area contributed by atoms with Gasteiger partial charge in [-0.25, -0.2) is 0 Å². The second-order valence-electron chi connectivity index (χ2n) is 3.91. The number of rotatable bonds is 2. The fourth-order valence-corrected chi connectivity index (χ4v) is 2.27. The van der Waals surface area contributed by atoms with Gasteiger partial charge in [-0.3, -0.25) is 5.10 Å². The zero-order valence-electron chi connectivity index (χ0n) is 8.51. The Balaban J connectivity index is 2.33. The molecule has 0 aliphatic heterocycles. The molecule has 1 N–H and O–H groups in total. The summed E-state index contributed by atoms with van der Waals surface area (Å²) in [5.74, 6) is 0.529. The van der Waals surface area contributed by atoms with Gasteiger partial charge >= 0.3 is 0 Å². The standard InChI is InChI=1S/C11H15N3/c1-2-10-9(7-12)11(14-13-10)8-5-3-4-6-8/h8H,2-6H2,1H3,(H,13,14). The highest BCUT2D eigenvalue weighted by Gasteiger charge is 2.23. The number of aromatic nitrogens is 2. The molecule has 3 heteroatoms. The molecule has 2 rings (SSSR count). The maximum absolute atomic E-state index is 9.07. The number of nitrogens with zero attached hydrogens (tertiary/aromatic N) is 2. The maximum Gasteiger partial charge on any atom is 0.103 e. The van der Waals surface area contributed by atoms with Crippen molar-refractivity contribution < 1.29 is 0 Å². The molecule has 3 nitrogen and oxygen atoms in total. The van der Waals surface area contributed by atoms with Crippen molar-refractivity contribution in [3.63, 3.8) is 0 Å². The van der Waals surface area contributed by atoms with Crippen molar-refractivity contribution in [3.05, 3.63) is 17.0 Å². The van der Waals surface area contributed by atoms with E-state index in [1.54, 1.807) is 0 Å². The fourth-order valence-electron chi connectivity index (χ4n) is 2.27. The summed E-state index contributed by atoms with van der Waals surface area (Å²) in [4.78, 5) is 0. The molecule has 74 valence electrons. The highest BCUT2D eigenvalue weighted by atomic mass is 15.1. The first-order chi connectivity index (χ1) is 6.86. The average Bonchev–Trinajstić information content (AvgIpc) is 2.85. The second kappa shape index (κ2) is 3.83. The highest BCUT2D eigenvalue weighted by molar-refractivity contribution is 5.39. The molecule has 0 aromatic carbocycles. The van der Waals surface area contributed by atoms with Crippen molar-refractivity contribution in [1.29, 1.82) is 5.26 Å². The van der Waals surface area contributed by atoms with Crippen molar-refractivity contribution >= 4 is 0 Å². The summed E-state index contributed by atoms with van der Waals surface area (Å²) in [7, 11) is 0. The van der Waals surface area contributed by atoms with Crippen LogP contribution in [-0.2, 0) is 6.42 Å². The number of nitriles is 1. The van der Waals surface area contributed by atoms with Crippen molar-refractivity contribution in [2.45, 2.75) is 44.9 Å². The zero-order valence-corrected chi connectivity index (χ0v) is 8.51. The van der Waals surface area contributed by atoms with E-state index in [0.29, 0.717) is 5.92 Å². The first-order valence-corrected chi connectivity index (χ1v) is 5.34. The number of hydrogen-bond acceptors (Lipinski definition) is 2. The quantitative estimate of drug-likeness (QED) is 0.777. The van der Waals surface area contributed by atoms with E-state index in [9.17, 15) is 0 Å².